The molecule has 0 saturated carbocycles. The van der Waals surface area contributed by atoms with E-state index >= 15 is 0 Å². The summed E-state index contributed by atoms with van der Waals surface area (Å²) >= 11 is 0.707. The molecule has 9 heteroatoms. The molecule has 0 aliphatic carbocycles. The third-order valence-electron chi connectivity index (χ3n) is 6.83. The van der Waals surface area contributed by atoms with Crippen molar-refractivity contribution in [3.05, 3.63) is 78.1 Å². The maximum Gasteiger partial charge on any atom is 0.286 e. The van der Waals surface area contributed by atoms with E-state index in [1.165, 1.54) is 12.8 Å². The average molecular weight is 530 g/mol. The second-order valence-electron chi connectivity index (χ2n) is 9.38. The zero-order valence-electron chi connectivity index (χ0n) is 22.0. The van der Waals surface area contributed by atoms with Gasteiger partial charge in [0.05, 0.1) is 23.3 Å². The second kappa shape index (κ2) is 10.4. The topological polar surface area (TPSA) is 85.7 Å². The van der Waals surface area contributed by atoms with Gasteiger partial charge in [0.15, 0.2) is 5.75 Å². The SMILES string of the molecule is [2H]C1(Cc2ccc(OCc3nc4ccc(Oc5ccccc5N5CCCC5)cc4n3C)cc2)SC(=O)NC1=O. The van der Waals surface area contributed by atoms with Crippen molar-refractivity contribution in [2.45, 2.75) is 31.1 Å². The lowest BCUT2D eigenvalue weighted by molar-refractivity contribution is -0.118. The second-order valence-corrected chi connectivity index (χ2v) is 10.4. The number of hydrogen-bond donors (Lipinski definition) is 1. The third-order valence-corrected chi connectivity index (χ3v) is 7.69. The highest BCUT2D eigenvalue weighted by Crippen LogP contribution is 2.35. The normalized spacial score (nSPS) is 19.6. The highest BCUT2D eigenvalue weighted by molar-refractivity contribution is 8.15. The minimum Gasteiger partial charge on any atom is -0.486 e. The Hall–Kier alpha value is -3.98. The van der Waals surface area contributed by atoms with E-state index in [4.69, 9.17) is 15.8 Å². The number of aryl methyl sites for hydroxylation is 1. The highest BCUT2D eigenvalue weighted by atomic mass is 32.2. The Morgan fingerprint density at radius 3 is 2.58 bits per heavy atom. The average Bonchev–Trinajstić information content (AvgIpc) is 3.63. The van der Waals surface area contributed by atoms with Crippen LogP contribution in [0.4, 0.5) is 10.5 Å². The quantitative estimate of drug-likeness (QED) is 0.325. The summed E-state index contributed by atoms with van der Waals surface area (Å²) in [4.78, 5) is 30.5. The number of fused-ring (bicyclic) bond motifs is 1. The van der Waals surface area contributed by atoms with Crippen LogP contribution in [0.3, 0.4) is 0 Å². The number of rotatable bonds is 8. The number of anilines is 1. The zero-order valence-corrected chi connectivity index (χ0v) is 21.8. The lowest BCUT2D eigenvalue weighted by Gasteiger charge is -2.21. The number of nitrogens with one attached hydrogen (secondary N) is 1. The summed E-state index contributed by atoms with van der Waals surface area (Å²) in [6.45, 7) is 2.37. The first-order chi connectivity index (χ1) is 18.9. The smallest absolute Gasteiger partial charge is 0.286 e. The van der Waals surface area contributed by atoms with E-state index in [2.05, 4.69) is 16.3 Å². The number of hydrogen-bond acceptors (Lipinski definition) is 7. The molecule has 1 atom stereocenters. The molecule has 2 saturated heterocycles. The molecule has 2 fully saturated rings. The van der Waals surface area contributed by atoms with Crippen LogP contribution < -0.4 is 19.7 Å². The lowest BCUT2D eigenvalue weighted by Crippen LogP contribution is -2.25. The van der Waals surface area contributed by atoms with Gasteiger partial charge < -0.3 is 18.9 Å². The summed E-state index contributed by atoms with van der Waals surface area (Å²) in [5.41, 5.74) is 3.70. The van der Waals surface area contributed by atoms with Gasteiger partial charge in [0.25, 0.3) is 5.24 Å². The number of imide groups is 1. The van der Waals surface area contributed by atoms with Gasteiger partial charge in [0.1, 0.15) is 23.9 Å². The van der Waals surface area contributed by atoms with Gasteiger partial charge in [-0.1, -0.05) is 36.0 Å². The number of imidazole rings is 1. The Morgan fingerprint density at radius 1 is 1.05 bits per heavy atom. The van der Waals surface area contributed by atoms with Crippen LogP contribution in [0.5, 0.6) is 17.2 Å². The molecule has 2 amide bonds. The van der Waals surface area contributed by atoms with E-state index in [0.29, 0.717) is 17.5 Å². The molecule has 2 aliphatic rings. The standard InChI is InChI=1S/C29H28N4O4S/c1-32-24-17-21(37-25-7-3-2-6-23(25)33-14-4-5-15-33)12-13-22(24)30-27(32)18-36-20-10-8-19(9-11-20)16-26-28(34)31-29(35)38-26/h2-3,6-13,17,26H,4-5,14-16,18H2,1H3,(H,31,34,35)/i26D. The number of nitrogens with zero attached hydrogens (tertiary/aromatic N) is 3. The van der Waals surface area contributed by atoms with Gasteiger partial charge >= 0.3 is 0 Å². The van der Waals surface area contributed by atoms with Crippen molar-refractivity contribution in [2.24, 2.45) is 7.05 Å². The molecule has 194 valence electrons. The van der Waals surface area contributed by atoms with Gasteiger partial charge in [-0.25, -0.2) is 4.98 Å². The Balaban J connectivity index is 1.13. The number of carbonyl (C=O) groups excluding carboxylic acids is 2. The molecular weight excluding hydrogens is 500 g/mol. The van der Waals surface area contributed by atoms with Crippen molar-refractivity contribution in [1.82, 2.24) is 14.9 Å². The van der Waals surface area contributed by atoms with Crippen molar-refractivity contribution < 1.29 is 20.4 Å². The minimum absolute atomic E-state index is 0.132. The molecule has 0 radical (unpaired) electrons. The maximum absolute atomic E-state index is 11.9. The van der Waals surface area contributed by atoms with Crippen LogP contribution in [0.1, 0.15) is 25.6 Å². The van der Waals surface area contributed by atoms with Crippen LogP contribution in [0, 0.1) is 0 Å². The molecule has 8 nitrogen and oxygen atoms in total. The predicted molar refractivity (Wildman–Crippen MR) is 148 cm³/mol. The van der Waals surface area contributed by atoms with Gasteiger partial charge in [-0.05, 0) is 61.2 Å². The number of amides is 2. The first kappa shape index (κ1) is 23.2. The van der Waals surface area contributed by atoms with Gasteiger partial charge in [-0.2, -0.15) is 0 Å². The number of aromatic nitrogens is 2. The Morgan fingerprint density at radius 2 is 1.82 bits per heavy atom. The van der Waals surface area contributed by atoms with E-state index < -0.39 is 16.4 Å². The minimum atomic E-state index is -1.54. The summed E-state index contributed by atoms with van der Waals surface area (Å²) < 4.78 is 22.6. The van der Waals surface area contributed by atoms with E-state index in [9.17, 15) is 9.59 Å². The summed E-state index contributed by atoms with van der Waals surface area (Å²) in [6, 6.07) is 21.3. The largest absolute Gasteiger partial charge is 0.486 e. The van der Waals surface area contributed by atoms with Crippen LogP contribution in [0.15, 0.2) is 66.7 Å². The van der Waals surface area contributed by atoms with E-state index in [1.54, 1.807) is 24.3 Å². The lowest BCUT2D eigenvalue weighted by atomic mass is 10.1. The van der Waals surface area contributed by atoms with Crippen LogP contribution in [0.2, 0.25) is 0 Å². The van der Waals surface area contributed by atoms with Crippen LogP contribution >= 0.6 is 11.8 Å². The summed E-state index contributed by atoms with van der Waals surface area (Å²) in [5, 5.41) is 0.157. The molecule has 2 aliphatic heterocycles. The molecule has 38 heavy (non-hydrogen) atoms. The monoisotopic (exact) mass is 529 g/mol. The molecule has 1 aromatic heterocycles. The molecule has 1 N–H and O–H groups in total. The van der Waals surface area contributed by atoms with E-state index in [0.717, 1.165) is 52.7 Å². The van der Waals surface area contributed by atoms with Gasteiger partial charge in [-0.15, -0.1) is 0 Å². The molecular formula is C29H28N4O4S. The number of benzene rings is 3. The molecule has 3 heterocycles. The third kappa shape index (κ3) is 5.06. The Labute approximate surface area is 226 Å². The first-order valence-electron chi connectivity index (χ1n) is 13.1. The van der Waals surface area contributed by atoms with E-state index in [-0.39, 0.29) is 13.0 Å². The highest BCUT2D eigenvalue weighted by Gasteiger charge is 2.31. The van der Waals surface area contributed by atoms with Crippen LogP contribution in [-0.2, 0) is 24.9 Å². The number of carbonyl (C=O) groups is 2. The van der Waals surface area contributed by atoms with Crippen molar-refractivity contribution >= 4 is 39.6 Å². The molecule has 4 aromatic rings. The van der Waals surface area contributed by atoms with Crippen molar-refractivity contribution in [3.63, 3.8) is 0 Å². The van der Waals surface area contributed by atoms with Gasteiger partial charge in [0, 0.05) is 26.2 Å². The molecule has 1 unspecified atom stereocenters. The maximum atomic E-state index is 11.9. The van der Waals surface area contributed by atoms with Gasteiger partial charge in [0.2, 0.25) is 5.91 Å². The first-order valence-corrected chi connectivity index (χ1v) is 13.4. The van der Waals surface area contributed by atoms with Crippen molar-refractivity contribution in [2.75, 3.05) is 18.0 Å². The van der Waals surface area contributed by atoms with Crippen LogP contribution in [-0.4, -0.2) is 39.0 Å². The van der Waals surface area contributed by atoms with Crippen LogP contribution in [0.25, 0.3) is 11.0 Å². The fourth-order valence-electron chi connectivity index (χ4n) is 4.80. The summed E-state index contributed by atoms with van der Waals surface area (Å²) in [7, 11) is 1.96. The molecule has 3 aromatic carbocycles. The number of ether oxygens (including phenoxy) is 2. The number of para-hydroxylation sites is 2. The predicted octanol–water partition coefficient (Wildman–Crippen LogP) is 5.44. The zero-order chi connectivity index (χ0) is 27.0. The summed E-state index contributed by atoms with van der Waals surface area (Å²) in [5.74, 6) is 2.44. The Bertz CT molecular complexity index is 1550. The molecule has 6 rings (SSSR count). The van der Waals surface area contributed by atoms with Crippen molar-refractivity contribution in [1.29, 1.82) is 0 Å². The van der Waals surface area contributed by atoms with E-state index in [1.807, 2.05) is 48.0 Å². The fraction of sp³-hybridized carbons (Fsp3) is 0.276. The van der Waals surface area contributed by atoms with Gasteiger partial charge in [-0.3, -0.25) is 14.9 Å². The number of thioether (sulfide) groups is 1. The molecule has 0 bridgehead atoms. The Kier molecular flexibility index (Phi) is 6.35. The molecule has 0 spiro atoms. The summed E-state index contributed by atoms with van der Waals surface area (Å²) in [6.07, 6.45) is 2.54. The fourth-order valence-corrected chi connectivity index (χ4v) is 5.55. The van der Waals surface area contributed by atoms with Crippen molar-refractivity contribution in [3.8, 4) is 17.2 Å².